The smallest absolute Gasteiger partial charge is 0.368 e. The van der Waals surface area contributed by atoms with Gasteiger partial charge in [0.05, 0.1) is 15.5 Å². The normalized spacial score (nSPS) is 17.6. The van der Waals surface area contributed by atoms with Gasteiger partial charge in [-0.1, -0.05) is 39.5 Å². The van der Waals surface area contributed by atoms with E-state index in [4.69, 9.17) is 9.84 Å². The Labute approximate surface area is 223 Å². The molecule has 1 aliphatic heterocycles. The van der Waals surface area contributed by atoms with E-state index in [9.17, 15) is 23.4 Å². The van der Waals surface area contributed by atoms with Crippen LogP contribution in [0.3, 0.4) is 0 Å². The van der Waals surface area contributed by atoms with Crippen molar-refractivity contribution in [2.24, 2.45) is 5.41 Å². The standard InChI is InChI=1S/C27H36FNO6S2/c1-4-6-12-27(13-7-5-2)17-29(19-8-10-20(30)11-9-19)22-14-24(36-3)23(35-16-21(28)26(31)32)15-25(22)37(33,34)18-27/h8-11,14-16,30,33-34H,4-7,12-13,17-18H2,1-3H3,(H,31,32). The number of nitrogens with zero attached hydrogens (tertiary/aromatic N) is 1. The number of benzene rings is 2. The summed E-state index contributed by atoms with van der Waals surface area (Å²) in [5, 5.41) is 18.7. The molecule has 0 fully saturated rings. The molecule has 0 saturated heterocycles. The van der Waals surface area contributed by atoms with Crippen LogP contribution >= 0.6 is 22.4 Å². The van der Waals surface area contributed by atoms with Gasteiger partial charge in [-0.05, 0) is 49.4 Å². The number of carboxylic acid groups (broad SMARTS) is 1. The van der Waals surface area contributed by atoms with E-state index in [0.717, 1.165) is 44.2 Å². The van der Waals surface area contributed by atoms with E-state index in [-0.39, 0.29) is 27.6 Å². The van der Waals surface area contributed by atoms with Crippen molar-refractivity contribution in [3.8, 4) is 11.5 Å². The van der Waals surface area contributed by atoms with E-state index in [1.807, 2.05) is 0 Å². The molecule has 0 radical (unpaired) electrons. The number of fused-ring (bicyclic) bond motifs is 1. The second kappa shape index (κ2) is 12.4. The molecule has 0 unspecified atom stereocenters. The molecule has 0 saturated carbocycles. The fourth-order valence-corrected chi connectivity index (χ4v) is 7.51. The highest BCUT2D eigenvalue weighted by atomic mass is 32.3. The summed E-state index contributed by atoms with van der Waals surface area (Å²) in [4.78, 5) is 13.8. The third kappa shape index (κ3) is 6.93. The van der Waals surface area contributed by atoms with Crippen LogP contribution in [0.4, 0.5) is 15.8 Å². The number of anilines is 2. The lowest BCUT2D eigenvalue weighted by Gasteiger charge is -2.42. The van der Waals surface area contributed by atoms with Gasteiger partial charge in [-0.15, -0.1) is 11.8 Å². The van der Waals surface area contributed by atoms with Crippen molar-refractivity contribution in [3.05, 3.63) is 48.5 Å². The minimum absolute atomic E-state index is 0.132. The number of ether oxygens (including phenoxy) is 1. The van der Waals surface area contributed by atoms with Crippen LogP contribution < -0.4 is 9.64 Å². The molecular weight excluding hydrogens is 517 g/mol. The first-order valence-corrected chi connectivity index (χ1v) is 15.3. The summed E-state index contributed by atoms with van der Waals surface area (Å²) >= 11 is 1.32. The van der Waals surface area contributed by atoms with Gasteiger partial charge < -0.3 is 19.8 Å². The highest BCUT2D eigenvalue weighted by molar-refractivity contribution is 8.24. The third-order valence-corrected chi connectivity index (χ3v) is 9.47. The number of aliphatic carboxylic acids is 1. The van der Waals surface area contributed by atoms with E-state index in [0.29, 0.717) is 23.4 Å². The van der Waals surface area contributed by atoms with Crippen LogP contribution in [0.25, 0.3) is 0 Å². The average molecular weight is 554 g/mol. The minimum Gasteiger partial charge on any atom is -0.508 e. The number of halogens is 1. The van der Waals surface area contributed by atoms with Crippen molar-refractivity contribution >= 4 is 39.7 Å². The van der Waals surface area contributed by atoms with Crippen LogP contribution in [0.1, 0.15) is 52.4 Å². The molecule has 4 N–H and O–H groups in total. The zero-order valence-electron chi connectivity index (χ0n) is 21.4. The number of hydrogen-bond donors (Lipinski definition) is 4. The molecule has 1 aliphatic rings. The van der Waals surface area contributed by atoms with Crippen molar-refractivity contribution < 1.29 is 33.2 Å². The maximum Gasteiger partial charge on any atom is 0.368 e. The summed E-state index contributed by atoms with van der Waals surface area (Å²) in [5.41, 5.74) is 1.02. The first-order chi connectivity index (χ1) is 17.6. The molecule has 0 atom stereocenters. The number of rotatable bonds is 11. The molecule has 2 aromatic carbocycles. The Morgan fingerprint density at radius 3 is 2.32 bits per heavy atom. The van der Waals surface area contributed by atoms with E-state index in [2.05, 4.69) is 18.7 Å². The highest BCUT2D eigenvalue weighted by Gasteiger charge is 2.42. The van der Waals surface area contributed by atoms with Gasteiger partial charge >= 0.3 is 5.97 Å². The van der Waals surface area contributed by atoms with Crippen LogP contribution in [0.2, 0.25) is 0 Å². The zero-order valence-corrected chi connectivity index (χ0v) is 23.1. The molecule has 3 rings (SSSR count). The Bertz CT molecular complexity index is 1110. The van der Waals surface area contributed by atoms with Gasteiger partial charge in [0.15, 0.2) is 0 Å². The van der Waals surface area contributed by atoms with Crippen molar-refractivity contribution in [3.63, 3.8) is 0 Å². The minimum atomic E-state index is -3.31. The summed E-state index contributed by atoms with van der Waals surface area (Å²) in [7, 11) is -3.31. The lowest BCUT2D eigenvalue weighted by atomic mass is 9.79. The predicted octanol–water partition coefficient (Wildman–Crippen LogP) is 8.02. The first-order valence-electron chi connectivity index (χ1n) is 12.4. The lowest BCUT2D eigenvalue weighted by molar-refractivity contribution is -0.134. The fraction of sp³-hybridized carbons (Fsp3) is 0.444. The quantitative estimate of drug-likeness (QED) is 0.126. The second-order valence-electron chi connectivity index (χ2n) is 9.48. The first kappa shape index (κ1) is 29.2. The van der Waals surface area contributed by atoms with Crippen molar-refractivity contribution in [2.45, 2.75) is 62.2 Å². The molecule has 1 heterocycles. The summed E-state index contributed by atoms with van der Waals surface area (Å²) in [6.07, 6.45) is 7.82. The van der Waals surface area contributed by atoms with Gasteiger partial charge in [0.25, 0.3) is 0 Å². The van der Waals surface area contributed by atoms with Gasteiger partial charge in [0, 0.05) is 29.5 Å². The van der Waals surface area contributed by atoms with Gasteiger partial charge in [0.1, 0.15) is 17.8 Å². The second-order valence-corrected chi connectivity index (χ2v) is 12.4. The maximum atomic E-state index is 13.7. The van der Waals surface area contributed by atoms with Crippen LogP contribution in [-0.2, 0) is 4.79 Å². The van der Waals surface area contributed by atoms with Crippen LogP contribution in [0.15, 0.2) is 58.3 Å². The number of thioether (sulfide) groups is 1. The Balaban J connectivity index is 2.23. The maximum absolute atomic E-state index is 13.7. The molecule has 10 heteroatoms. The molecule has 0 aromatic heterocycles. The molecule has 204 valence electrons. The molecule has 2 aromatic rings. The topological polar surface area (TPSA) is 110 Å². The molecular formula is C27H36FNO6S2. The Morgan fingerprint density at radius 1 is 1.16 bits per heavy atom. The molecule has 0 bridgehead atoms. The van der Waals surface area contributed by atoms with Gasteiger partial charge in [-0.25, -0.2) is 4.79 Å². The van der Waals surface area contributed by atoms with Gasteiger partial charge in [-0.2, -0.15) is 15.0 Å². The Hall–Kier alpha value is -2.40. The van der Waals surface area contributed by atoms with Crippen LogP contribution in [0.5, 0.6) is 11.5 Å². The Kier molecular flexibility index (Phi) is 9.80. The average Bonchev–Trinajstić information content (AvgIpc) is 2.96. The third-order valence-electron chi connectivity index (χ3n) is 6.67. The van der Waals surface area contributed by atoms with Crippen molar-refractivity contribution in [1.82, 2.24) is 0 Å². The van der Waals surface area contributed by atoms with E-state index in [1.54, 1.807) is 36.6 Å². The highest BCUT2D eigenvalue weighted by Crippen LogP contribution is 2.62. The predicted molar refractivity (Wildman–Crippen MR) is 148 cm³/mol. The van der Waals surface area contributed by atoms with Crippen molar-refractivity contribution in [2.75, 3.05) is 23.5 Å². The fourth-order valence-electron chi connectivity index (χ4n) is 4.79. The summed E-state index contributed by atoms with van der Waals surface area (Å²) in [5.74, 6) is -2.76. The molecule has 0 amide bonds. The van der Waals surface area contributed by atoms with Gasteiger partial charge in [0.2, 0.25) is 5.83 Å². The largest absolute Gasteiger partial charge is 0.508 e. The molecule has 37 heavy (non-hydrogen) atoms. The van der Waals surface area contributed by atoms with E-state index >= 15 is 0 Å². The van der Waals surface area contributed by atoms with Crippen molar-refractivity contribution in [1.29, 1.82) is 0 Å². The molecule has 7 nitrogen and oxygen atoms in total. The number of carboxylic acids is 1. The summed E-state index contributed by atoms with van der Waals surface area (Å²) < 4.78 is 42.3. The number of aromatic hydroxyl groups is 1. The molecule has 0 aliphatic carbocycles. The van der Waals surface area contributed by atoms with Crippen LogP contribution in [-0.4, -0.2) is 43.8 Å². The SMILES string of the molecule is CCCCC1(CCCC)CN(c2ccc(O)cc2)c2cc(SC)c(OC=C(F)C(=O)O)cc2S(O)(O)C1. The van der Waals surface area contributed by atoms with E-state index < -0.39 is 22.4 Å². The van der Waals surface area contributed by atoms with E-state index in [1.165, 1.54) is 17.8 Å². The monoisotopic (exact) mass is 553 g/mol. The number of phenolic OH excluding ortho intramolecular Hbond substituents is 1. The number of carbonyl (C=O) groups is 1. The lowest BCUT2D eigenvalue weighted by Crippen LogP contribution is -2.37. The molecule has 0 spiro atoms. The number of hydrogen-bond acceptors (Lipinski definition) is 7. The zero-order chi connectivity index (χ0) is 27.2. The Morgan fingerprint density at radius 2 is 1.78 bits per heavy atom. The summed E-state index contributed by atoms with van der Waals surface area (Å²) in [6.45, 7) is 4.79. The number of unbranched alkanes of at least 4 members (excludes halogenated alkanes) is 2. The summed E-state index contributed by atoms with van der Waals surface area (Å²) in [6, 6.07) is 10.1. The van der Waals surface area contributed by atoms with Gasteiger partial charge in [-0.3, -0.25) is 9.11 Å². The van der Waals surface area contributed by atoms with Crippen LogP contribution in [0, 0.1) is 5.41 Å². The number of phenols is 1.